The van der Waals surface area contributed by atoms with Crippen molar-refractivity contribution in [3.63, 3.8) is 0 Å². The number of ether oxygens (including phenoxy) is 2. The van der Waals surface area contributed by atoms with Gasteiger partial charge in [-0.25, -0.2) is 0 Å². The highest BCUT2D eigenvalue weighted by Crippen LogP contribution is 2.30. The molecule has 0 heterocycles. The van der Waals surface area contributed by atoms with Gasteiger partial charge in [-0.15, -0.1) is 0 Å². The first-order chi connectivity index (χ1) is 9.67. The summed E-state index contributed by atoms with van der Waals surface area (Å²) < 4.78 is 10.1. The Morgan fingerprint density at radius 1 is 1.57 bits per heavy atom. The van der Waals surface area contributed by atoms with E-state index in [4.69, 9.17) is 22.1 Å². The largest absolute Gasteiger partial charge is 0.489 e. The van der Waals surface area contributed by atoms with Crippen LogP contribution in [0.3, 0.4) is 0 Å². The summed E-state index contributed by atoms with van der Waals surface area (Å²) in [6, 6.07) is 3.88. The second-order valence-electron chi connectivity index (χ2n) is 4.91. The van der Waals surface area contributed by atoms with Gasteiger partial charge < -0.3 is 15.2 Å². The van der Waals surface area contributed by atoms with Gasteiger partial charge in [-0.3, -0.25) is 14.9 Å². The van der Waals surface area contributed by atoms with Crippen molar-refractivity contribution in [3.8, 4) is 5.75 Å². The number of nitrogens with two attached hydrogens (primary N) is 1. The molecule has 1 rings (SSSR count). The van der Waals surface area contributed by atoms with E-state index < -0.39 is 22.5 Å². The maximum Gasteiger partial charge on any atom is 0.325 e. The molecule has 7 nitrogen and oxygen atoms in total. The van der Waals surface area contributed by atoms with Crippen LogP contribution in [0.25, 0.3) is 0 Å². The smallest absolute Gasteiger partial charge is 0.325 e. The molecule has 2 N–H and O–H groups in total. The van der Waals surface area contributed by atoms with E-state index in [0.717, 1.165) is 0 Å². The number of benzene rings is 1. The molecule has 0 spiro atoms. The van der Waals surface area contributed by atoms with Gasteiger partial charge in [0.1, 0.15) is 11.3 Å². The third kappa shape index (κ3) is 4.57. The number of carbonyl (C=O) groups is 1. The zero-order valence-corrected chi connectivity index (χ0v) is 12.7. The van der Waals surface area contributed by atoms with Gasteiger partial charge in [0.15, 0.2) is 0 Å². The predicted octanol–water partition coefficient (Wildman–Crippen LogP) is 2.30. The van der Waals surface area contributed by atoms with Crippen LogP contribution in [0.4, 0.5) is 5.69 Å². The van der Waals surface area contributed by atoms with Crippen molar-refractivity contribution in [3.05, 3.63) is 33.3 Å². The van der Waals surface area contributed by atoms with Gasteiger partial charge in [0.2, 0.25) is 0 Å². The molecular weight excluding hydrogens is 300 g/mol. The van der Waals surface area contributed by atoms with E-state index in [9.17, 15) is 14.9 Å². The van der Waals surface area contributed by atoms with E-state index in [1.807, 2.05) is 0 Å². The normalized spacial score (nSPS) is 14.9. The average molecular weight is 317 g/mol. The molecule has 0 aromatic heterocycles. The Morgan fingerprint density at radius 3 is 2.71 bits per heavy atom. The summed E-state index contributed by atoms with van der Waals surface area (Å²) in [7, 11) is 1.25. The Kier molecular flexibility index (Phi) is 5.51. The van der Waals surface area contributed by atoms with Gasteiger partial charge in [-0.2, -0.15) is 0 Å². The van der Waals surface area contributed by atoms with Crippen molar-refractivity contribution in [2.45, 2.75) is 31.9 Å². The highest BCUT2D eigenvalue weighted by atomic mass is 35.5. The van der Waals surface area contributed by atoms with Gasteiger partial charge in [0.25, 0.3) is 5.69 Å². The molecule has 0 radical (unpaired) electrons. The summed E-state index contributed by atoms with van der Waals surface area (Å²) in [5, 5.41) is 11.0. The van der Waals surface area contributed by atoms with Gasteiger partial charge in [-0.1, -0.05) is 11.6 Å². The fraction of sp³-hybridized carbons (Fsp3) is 0.462. The zero-order valence-electron chi connectivity index (χ0n) is 12.0. The minimum atomic E-state index is -1.22. The number of carbonyl (C=O) groups excluding carboxylic acids is 1. The van der Waals surface area contributed by atoms with E-state index in [-0.39, 0.29) is 22.9 Å². The zero-order chi connectivity index (χ0) is 16.2. The molecular formula is C13H17ClN2O5. The van der Waals surface area contributed by atoms with Crippen LogP contribution in [0.1, 0.15) is 20.3 Å². The molecule has 2 unspecified atom stereocenters. The van der Waals surface area contributed by atoms with Crippen LogP contribution in [0.5, 0.6) is 5.75 Å². The maximum atomic E-state index is 11.5. The molecule has 0 bridgehead atoms. The molecule has 0 aliphatic carbocycles. The third-order valence-electron chi connectivity index (χ3n) is 2.82. The summed E-state index contributed by atoms with van der Waals surface area (Å²) in [4.78, 5) is 21.7. The second-order valence-corrected chi connectivity index (χ2v) is 5.32. The number of non-ortho nitro benzene ring substituents is 1. The Morgan fingerprint density at radius 2 is 2.19 bits per heavy atom. The van der Waals surface area contributed by atoms with Crippen molar-refractivity contribution in [2.75, 3.05) is 7.11 Å². The number of halogens is 1. The Bertz CT molecular complexity index is 547. The van der Waals surface area contributed by atoms with Crippen LogP contribution in [0, 0.1) is 10.1 Å². The standard InChI is InChI=1S/C13H17ClN2O5/c1-8(7-13(2,15)12(17)20-3)21-11-6-9(16(18)19)4-5-10(11)14/h4-6,8H,7,15H2,1-3H3. The topological polar surface area (TPSA) is 105 Å². The summed E-state index contributed by atoms with van der Waals surface area (Å²) >= 11 is 5.94. The highest BCUT2D eigenvalue weighted by Gasteiger charge is 2.32. The molecule has 0 fully saturated rings. The SMILES string of the molecule is COC(=O)C(C)(N)CC(C)Oc1cc([N+](=O)[O-])ccc1Cl. The molecule has 21 heavy (non-hydrogen) atoms. The van der Waals surface area contributed by atoms with Crippen LogP contribution >= 0.6 is 11.6 Å². The minimum Gasteiger partial charge on any atom is -0.489 e. The first-order valence-electron chi connectivity index (χ1n) is 6.15. The Balaban J connectivity index is 2.84. The molecule has 0 aliphatic rings. The molecule has 0 saturated heterocycles. The number of nitrogens with zero attached hydrogens (tertiary/aromatic N) is 1. The monoisotopic (exact) mass is 316 g/mol. The first-order valence-corrected chi connectivity index (χ1v) is 6.53. The quantitative estimate of drug-likeness (QED) is 0.490. The van der Waals surface area contributed by atoms with Crippen molar-refractivity contribution >= 4 is 23.3 Å². The number of methoxy groups -OCH3 is 1. The highest BCUT2D eigenvalue weighted by molar-refractivity contribution is 6.32. The van der Waals surface area contributed by atoms with E-state index in [1.54, 1.807) is 6.92 Å². The molecule has 0 aliphatic heterocycles. The van der Waals surface area contributed by atoms with Crippen LogP contribution in [0.2, 0.25) is 5.02 Å². The Labute approximate surface area is 127 Å². The number of hydrogen-bond acceptors (Lipinski definition) is 6. The lowest BCUT2D eigenvalue weighted by molar-refractivity contribution is -0.384. The minimum absolute atomic E-state index is 0.134. The average Bonchev–Trinajstić information content (AvgIpc) is 2.39. The van der Waals surface area contributed by atoms with Crippen molar-refractivity contribution in [2.24, 2.45) is 5.73 Å². The second kappa shape index (κ2) is 6.73. The Hall–Kier alpha value is -1.86. The fourth-order valence-electron chi connectivity index (χ4n) is 1.87. The third-order valence-corrected chi connectivity index (χ3v) is 3.13. The molecule has 1 aromatic rings. The summed E-state index contributed by atoms with van der Waals surface area (Å²) in [5.41, 5.74) is 4.49. The molecule has 8 heteroatoms. The number of rotatable bonds is 6. The van der Waals surface area contributed by atoms with E-state index in [1.165, 1.54) is 32.2 Å². The van der Waals surface area contributed by atoms with Crippen LogP contribution in [-0.4, -0.2) is 29.6 Å². The van der Waals surface area contributed by atoms with Gasteiger partial charge in [-0.05, 0) is 19.9 Å². The lowest BCUT2D eigenvalue weighted by atomic mass is 9.96. The fourth-order valence-corrected chi connectivity index (χ4v) is 2.03. The van der Waals surface area contributed by atoms with Crippen molar-refractivity contribution < 1.29 is 19.2 Å². The van der Waals surface area contributed by atoms with Gasteiger partial charge in [0.05, 0.1) is 29.2 Å². The van der Waals surface area contributed by atoms with Crippen molar-refractivity contribution in [1.29, 1.82) is 0 Å². The lowest BCUT2D eigenvalue weighted by Gasteiger charge is -2.25. The maximum absolute atomic E-state index is 11.5. The summed E-state index contributed by atoms with van der Waals surface area (Å²) in [6.45, 7) is 3.21. The molecule has 0 amide bonds. The van der Waals surface area contributed by atoms with Crippen LogP contribution < -0.4 is 10.5 Å². The van der Waals surface area contributed by atoms with Gasteiger partial charge >= 0.3 is 5.97 Å². The van der Waals surface area contributed by atoms with E-state index in [0.29, 0.717) is 0 Å². The predicted molar refractivity (Wildman–Crippen MR) is 77.4 cm³/mol. The number of hydrogen-bond donors (Lipinski definition) is 1. The van der Waals surface area contributed by atoms with E-state index in [2.05, 4.69) is 4.74 Å². The van der Waals surface area contributed by atoms with Crippen LogP contribution in [0.15, 0.2) is 18.2 Å². The van der Waals surface area contributed by atoms with Gasteiger partial charge in [0, 0.05) is 12.5 Å². The number of nitro groups is 1. The molecule has 2 atom stereocenters. The summed E-state index contributed by atoms with van der Waals surface area (Å²) in [5.74, 6) is -0.401. The van der Waals surface area contributed by atoms with Crippen molar-refractivity contribution in [1.82, 2.24) is 0 Å². The number of esters is 1. The van der Waals surface area contributed by atoms with Crippen LogP contribution in [-0.2, 0) is 9.53 Å². The first kappa shape index (κ1) is 17.2. The number of nitro benzene ring substituents is 1. The van der Waals surface area contributed by atoms with E-state index >= 15 is 0 Å². The lowest BCUT2D eigenvalue weighted by Crippen LogP contribution is -2.48. The molecule has 0 saturated carbocycles. The molecule has 116 valence electrons. The summed E-state index contributed by atoms with van der Waals surface area (Å²) in [6.07, 6.45) is -0.322. The molecule has 1 aromatic carbocycles.